The molecule has 1 amide bonds. The van der Waals surface area contributed by atoms with E-state index < -0.39 is 0 Å². The van der Waals surface area contributed by atoms with Crippen molar-refractivity contribution < 1.29 is 9.53 Å². The van der Waals surface area contributed by atoms with Crippen LogP contribution in [-0.4, -0.2) is 54.0 Å². The molecule has 196 valence electrons. The molecule has 0 bridgehead atoms. The molecule has 5 nitrogen and oxygen atoms in total. The van der Waals surface area contributed by atoms with Crippen molar-refractivity contribution in [3.05, 3.63) is 107 Å². The van der Waals surface area contributed by atoms with Gasteiger partial charge >= 0.3 is 0 Å². The zero-order valence-corrected chi connectivity index (χ0v) is 22.6. The van der Waals surface area contributed by atoms with E-state index in [1.807, 2.05) is 42.4 Å². The predicted molar refractivity (Wildman–Crippen MR) is 153 cm³/mol. The number of benzene rings is 3. The summed E-state index contributed by atoms with van der Waals surface area (Å²) in [5.41, 5.74) is 4.35. The van der Waals surface area contributed by atoms with Gasteiger partial charge in [0, 0.05) is 25.7 Å². The molecule has 1 atom stereocenters. The van der Waals surface area contributed by atoms with Crippen molar-refractivity contribution in [2.24, 2.45) is 5.92 Å². The molecule has 0 radical (unpaired) electrons. The Bertz CT molecular complexity index is 1350. The molecule has 2 heterocycles. The summed E-state index contributed by atoms with van der Waals surface area (Å²) in [6.07, 6.45) is 3.55. The number of carbonyl (C=O) groups excluding carboxylic acids is 1. The Balaban J connectivity index is 1.19. The highest BCUT2D eigenvalue weighted by atomic mass is 16.5. The first kappa shape index (κ1) is 25.9. The summed E-state index contributed by atoms with van der Waals surface area (Å²) >= 11 is 0. The third kappa shape index (κ3) is 5.73. The molecule has 1 saturated heterocycles. The molecule has 1 unspecified atom stereocenters. The van der Waals surface area contributed by atoms with Gasteiger partial charge in [-0.05, 0) is 85.4 Å². The first-order valence-corrected chi connectivity index (χ1v) is 13.6. The zero-order valence-electron chi connectivity index (χ0n) is 22.6. The van der Waals surface area contributed by atoms with Gasteiger partial charge in [0.1, 0.15) is 12.4 Å². The van der Waals surface area contributed by atoms with Crippen LogP contribution in [0.4, 0.5) is 0 Å². The highest BCUT2D eigenvalue weighted by molar-refractivity contribution is 5.83. The minimum atomic E-state index is -0.196. The van der Waals surface area contributed by atoms with E-state index in [2.05, 4.69) is 73.3 Å². The van der Waals surface area contributed by atoms with Gasteiger partial charge < -0.3 is 9.64 Å². The largest absolute Gasteiger partial charge is 0.492 e. The van der Waals surface area contributed by atoms with Crippen LogP contribution in [0.5, 0.6) is 5.75 Å². The second kappa shape index (κ2) is 11.8. The molecule has 0 N–H and O–H groups in total. The Morgan fingerprint density at radius 1 is 0.947 bits per heavy atom. The molecule has 38 heavy (non-hydrogen) atoms. The fourth-order valence-corrected chi connectivity index (χ4v) is 5.59. The zero-order chi connectivity index (χ0) is 26.5. The van der Waals surface area contributed by atoms with E-state index in [1.165, 1.54) is 16.3 Å². The number of pyridine rings is 1. The summed E-state index contributed by atoms with van der Waals surface area (Å²) in [7, 11) is 1.94. The van der Waals surface area contributed by atoms with Gasteiger partial charge in [0.15, 0.2) is 0 Å². The lowest BCUT2D eigenvalue weighted by Crippen LogP contribution is -2.43. The number of amides is 1. The maximum Gasteiger partial charge on any atom is 0.226 e. The molecular formula is C33H37N3O2. The van der Waals surface area contributed by atoms with Gasteiger partial charge in [-0.1, -0.05) is 60.7 Å². The monoisotopic (exact) mass is 507 g/mol. The smallest absolute Gasteiger partial charge is 0.226 e. The van der Waals surface area contributed by atoms with Gasteiger partial charge in [0.25, 0.3) is 0 Å². The van der Waals surface area contributed by atoms with E-state index in [9.17, 15) is 4.79 Å². The Hall–Kier alpha value is -3.70. The Kier molecular flexibility index (Phi) is 8.04. The summed E-state index contributed by atoms with van der Waals surface area (Å²) < 4.78 is 6.06. The highest BCUT2D eigenvalue weighted by Crippen LogP contribution is 2.33. The number of aromatic nitrogens is 1. The number of nitrogens with zero attached hydrogens (tertiary/aromatic N) is 3. The number of fused-ring (bicyclic) bond motifs is 1. The summed E-state index contributed by atoms with van der Waals surface area (Å²) in [4.78, 5) is 22.8. The molecule has 0 spiro atoms. The van der Waals surface area contributed by atoms with Crippen molar-refractivity contribution in [1.82, 2.24) is 14.8 Å². The fourth-order valence-electron chi connectivity index (χ4n) is 5.59. The van der Waals surface area contributed by atoms with E-state index in [1.54, 1.807) is 0 Å². The van der Waals surface area contributed by atoms with E-state index in [4.69, 9.17) is 9.72 Å². The van der Waals surface area contributed by atoms with Crippen LogP contribution in [0.3, 0.4) is 0 Å². The average Bonchev–Trinajstić information content (AvgIpc) is 2.95. The van der Waals surface area contributed by atoms with Gasteiger partial charge in [-0.2, -0.15) is 0 Å². The molecule has 3 aromatic carbocycles. The van der Waals surface area contributed by atoms with Crippen molar-refractivity contribution in [2.45, 2.75) is 32.7 Å². The van der Waals surface area contributed by atoms with Crippen LogP contribution in [0.15, 0.2) is 85.1 Å². The minimum Gasteiger partial charge on any atom is -0.492 e. The number of likely N-dealkylation sites (tertiary alicyclic amines) is 1. The van der Waals surface area contributed by atoms with E-state index in [-0.39, 0.29) is 17.9 Å². The van der Waals surface area contributed by atoms with Gasteiger partial charge in [-0.15, -0.1) is 0 Å². The summed E-state index contributed by atoms with van der Waals surface area (Å²) in [6.45, 7) is 7.50. The number of carbonyl (C=O) groups is 1. The van der Waals surface area contributed by atoms with E-state index in [0.29, 0.717) is 6.61 Å². The van der Waals surface area contributed by atoms with Crippen molar-refractivity contribution in [2.75, 3.05) is 33.3 Å². The lowest BCUT2D eigenvalue weighted by molar-refractivity contribution is -0.137. The topological polar surface area (TPSA) is 45.7 Å². The van der Waals surface area contributed by atoms with Crippen LogP contribution in [0.25, 0.3) is 10.8 Å². The first-order valence-electron chi connectivity index (χ1n) is 13.6. The second-order valence-electron chi connectivity index (χ2n) is 10.4. The van der Waals surface area contributed by atoms with Crippen LogP contribution < -0.4 is 4.74 Å². The maximum atomic E-state index is 13.8. The molecule has 5 heteroatoms. The van der Waals surface area contributed by atoms with Crippen LogP contribution in [0, 0.1) is 19.8 Å². The van der Waals surface area contributed by atoms with Crippen LogP contribution in [-0.2, 0) is 4.79 Å². The third-order valence-electron chi connectivity index (χ3n) is 7.86. The number of hydrogen-bond donors (Lipinski definition) is 0. The van der Waals surface area contributed by atoms with Gasteiger partial charge in [0.2, 0.25) is 5.91 Å². The molecule has 1 fully saturated rings. The Morgan fingerprint density at radius 3 is 2.42 bits per heavy atom. The van der Waals surface area contributed by atoms with Crippen LogP contribution in [0.2, 0.25) is 0 Å². The number of rotatable bonds is 8. The predicted octanol–water partition coefficient (Wildman–Crippen LogP) is 6.19. The number of hydrogen-bond acceptors (Lipinski definition) is 4. The summed E-state index contributed by atoms with van der Waals surface area (Å²) in [5, 5.41) is 2.41. The molecule has 1 aliphatic heterocycles. The van der Waals surface area contributed by atoms with Crippen LogP contribution >= 0.6 is 0 Å². The number of piperidine rings is 1. The van der Waals surface area contributed by atoms with Gasteiger partial charge in [-0.3, -0.25) is 14.7 Å². The van der Waals surface area contributed by atoms with E-state index in [0.717, 1.165) is 55.0 Å². The molecule has 0 aliphatic carbocycles. The quantitative estimate of drug-likeness (QED) is 0.285. The van der Waals surface area contributed by atoms with Crippen molar-refractivity contribution >= 4 is 16.7 Å². The Labute approximate surface area is 226 Å². The number of aryl methyl sites for hydroxylation is 2. The summed E-state index contributed by atoms with van der Waals surface area (Å²) in [6, 6.07) is 26.7. The van der Waals surface area contributed by atoms with Gasteiger partial charge in [-0.25, -0.2) is 0 Å². The average molecular weight is 508 g/mol. The number of ether oxygens (including phenoxy) is 1. The molecule has 1 aliphatic rings. The van der Waals surface area contributed by atoms with Crippen molar-refractivity contribution in [3.63, 3.8) is 0 Å². The Morgan fingerprint density at radius 2 is 1.66 bits per heavy atom. The first-order chi connectivity index (χ1) is 18.5. The third-order valence-corrected chi connectivity index (χ3v) is 7.86. The molecule has 0 saturated carbocycles. The van der Waals surface area contributed by atoms with E-state index >= 15 is 0 Å². The fraction of sp³-hybridized carbons (Fsp3) is 0.333. The molecular weight excluding hydrogens is 470 g/mol. The lowest BCUT2D eigenvalue weighted by Gasteiger charge is -2.36. The standard InChI is InChI=1S/C33H37N3O2/c1-24-9-4-7-13-30(24)32(31-25(2)10-8-18-34-31)35(3)33(37)27-16-19-36(20-17-27)21-22-38-29-15-14-26-11-5-6-12-28(26)23-29/h4-15,18,23,27,32H,16-17,19-22H2,1-3H3. The molecule has 1 aromatic heterocycles. The van der Waals surface area contributed by atoms with Crippen LogP contribution in [0.1, 0.15) is 41.3 Å². The normalized spacial score (nSPS) is 15.3. The minimum absolute atomic E-state index is 0.0215. The molecule has 5 rings (SSSR count). The maximum absolute atomic E-state index is 13.8. The van der Waals surface area contributed by atoms with Gasteiger partial charge in [0.05, 0.1) is 11.7 Å². The molecule has 4 aromatic rings. The summed E-state index contributed by atoms with van der Waals surface area (Å²) in [5.74, 6) is 1.13. The lowest BCUT2D eigenvalue weighted by atomic mass is 9.91. The SMILES string of the molecule is Cc1ccccc1C(c1ncccc1C)N(C)C(=O)C1CCN(CCOc2ccc3ccccc3c2)CC1. The van der Waals surface area contributed by atoms with Crippen molar-refractivity contribution in [3.8, 4) is 5.75 Å². The highest BCUT2D eigenvalue weighted by Gasteiger charge is 2.33. The van der Waals surface area contributed by atoms with Crippen molar-refractivity contribution in [1.29, 1.82) is 0 Å². The second-order valence-corrected chi connectivity index (χ2v) is 10.4.